The SMILES string of the molecule is C[C@H](NP(=O)(OC[C@H]1O[C@@H](n2cc(F)c(=O)[nH]c2=O)CC1O)Oc1cccc2ccccc12)C(=O)OC1CCCCC1. The van der Waals surface area contributed by atoms with E-state index in [-0.39, 0.29) is 18.3 Å². The van der Waals surface area contributed by atoms with Crippen LogP contribution in [0.2, 0.25) is 0 Å². The van der Waals surface area contributed by atoms with Gasteiger partial charge in [-0.15, -0.1) is 0 Å². The normalized spacial score (nSPS) is 23.4. The van der Waals surface area contributed by atoms with Gasteiger partial charge in [0.1, 0.15) is 30.2 Å². The van der Waals surface area contributed by atoms with E-state index in [1.54, 1.807) is 24.3 Å². The summed E-state index contributed by atoms with van der Waals surface area (Å²) in [6.07, 6.45) is 1.47. The highest BCUT2D eigenvalue weighted by Gasteiger charge is 2.40. The molecular formula is C28H33FN3O9P. The largest absolute Gasteiger partial charge is 0.461 e. The first-order valence-electron chi connectivity index (χ1n) is 13.9. The van der Waals surface area contributed by atoms with Crippen LogP contribution < -0.4 is 20.9 Å². The summed E-state index contributed by atoms with van der Waals surface area (Å²) >= 11 is 0. The minimum Gasteiger partial charge on any atom is -0.461 e. The second-order valence-corrected chi connectivity index (χ2v) is 12.2. The van der Waals surface area contributed by atoms with Crippen LogP contribution in [0.3, 0.4) is 0 Å². The van der Waals surface area contributed by atoms with Crippen LogP contribution in [0.4, 0.5) is 4.39 Å². The molecule has 2 heterocycles. The van der Waals surface area contributed by atoms with E-state index in [2.05, 4.69) is 5.09 Å². The molecule has 0 radical (unpaired) electrons. The number of carbonyl (C=O) groups excluding carboxylic acids is 1. The molecule has 0 bridgehead atoms. The van der Waals surface area contributed by atoms with Gasteiger partial charge >= 0.3 is 19.4 Å². The Morgan fingerprint density at radius 3 is 2.71 bits per heavy atom. The van der Waals surface area contributed by atoms with Crippen molar-refractivity contribution in [2.24, 2.45) is 0 Å². The molecule has 1 aliphatic carbocycles. The average molecular weight is 606 g/mol. The van der Waals surface area contributed by atoms with Gasteiger partial charge in [0.25, 0.3) is 5.56 Å². The molecule has 12 nitrogen and oxygen atoms in total. The number of fused-ring (bicyclic) bond motifs is 1. The summed E-state index contributed by atoms with van der Waals surface area (Å²) in [4.78, 5) is 38.3. The highest BCUT2D eigenvalue weighted by Crippen LogP contribution is 2.47. The minimum atomic E-state index is -4.32. The second kappa shape index (κ2) is 12.9. The maximum absolute atomic E-state index is 14.1. The summed E-state index contributed by atoms with van der Waals surface area (Å²) in [6, 6.07) is 11.4. The number of aliphatic hydroxyl groups excluding tert-OH is 1. The quantitative estimate of drug-likeness (QED) is 0.231. The Labute approximate surface area is 240 Å². The van der Waals surface area contributed by atoms with Crippen LogP contribution in [0.5, 0.6) is 5.75 Å². The van der Waals surface area contributed by atoms with Crippen molar-refractivity contribution < 1.29 is 37.4 Å². The molecule has 5 rings (SSSR count). The van der Waals surface area contributed by atoms with E-state index in [1.807, 2.05) is 23.2 Å². The molecule has 226 valence electrons. The number of aromatic amines is 1. The molecule has 1 aromatic heterocycles. The molecule has 0 spiro atoms. The molecule has 0 amide bonds. The lowest BCUT2D eigenvalue weighted by Gasteiger charge is -2.27. The zero-order valence-corrected chi connectivity index (χ0v) is 23.8. The number of benzene rings is 2. The number of esters is 1. The third-order valence-electron chi connectivity index (χ3n) is 7.36. The van der Waals surface area contributed by atoms with E-state index < -0.39 is 61.9 Å². The fourth-order valence-electron chi connectivity index (χ4n) is 5.12. The monoisotopic (exact) mass is 605 g/mol. The first kappa shape index (κ1) is 30.1. The molecule has 2 fully saturated rings. The van der Waals surface area contributed by atoms with Crippen molar-refractivity contribution in [3.8, 4) is 5.75 Å². The van der Waals surface area contributed by atoms with Gasteiger partial charge in [0, 0.05) is 11.8 Å². The average Bonchev–Trinajstić information content (AvgIpc) is 3.34. The molecule has 1 aliphatic heterocycles. The van der Waals surface area contributed by atoms with Crippen LogP contribution in [0, 0.1) is 5.82 Å². The Kier molecular flexibility index (Phi) is 9.24. The number of ether oxygens (including phenoxy) is 2. The molecule has 42 heavy (non-hydrogen) atoms. The molecule has 14 heteroatoms. The maximum Gasteiger partial charge on any atom is 0.459 e. The minimum absolute atomic E-state index is 0.133. The van der Waals surface area contributed by atoms with Crippen molar-refractivity contribution in [3.63, 3.8) is 0 Å². The van der Waals surface area contributed by atoms with Crippen molar-refractivity contribution in [2.75, 3.05) is 6.61 Å². The fraction of sp³-hybridized carbons (Fsp3) is 0.464. The smallest absolute Gasteiger partial charge is 0.459 e. The van der Waals surface area contributed by atoms with E-state index in [9.17, 15) is 28.4 Å². The second-order valence-electron chi connectivity index (χ2n) is 10.5. The Bertz CT molecular complexity index is 1580. The molecule has 2 aliphatic rings. The number of hydrogen-bond acceptors (Lipinski definition) is 9. The van der Waals surface area contributed by atoms with Crippen LogP contribution in [-0.4, -0.2) is 51.6 Å². The zero-order valence-electron chi connectivity index (χ0n) is 22.9. The zero-order chi connectivity index (χ0) is 29.9. The molecule has 3 aromatic rings. The van der Waals surface area contributed by atoms with Crippen LogP contribution in [0.1, 0.15) is 51.7 Å². The Morgan fingerprint density at radius 2 is 1.93 bits per heavy atom. The van der Waals surface area contributed by atoms with Crippen LogP contribution >= 0.6 is 7.75 Å². The number of nitrogens with one attached hydrogen (secondary N) is 2. The third kappa shape index (κ3) is 6.99. The van der Waals surface area contributed by atoms with E-state index >= 15 is 0 Å². The number of hydrogen-bond donors (Lipinski definition) is 3. The molecular weight excluding hydrogens is 572 g/mol. The number of carbonyl (C=O) groups is 1. The maximum atomic E-state index is 14.1. The molecule has 1 saturated heterocycles. The van der Waals surface area contributed by atoms with Crippen molar-refractivity contribution >= 4 is 24.5 Å². The third-order valence-corrected chi connectivity index (χ3v) is 8.99. The topological polar surface area (TPSA) is 158 Å². The summed E-state index contributed by atoms with van der Waals surface area (Å²) in [5.74, 6) is -1.57. The molecule has 1 saturated carbocycles. The van der Waals surface area contributed by atoms with Crippen molar-refractivity contribution in [1.82, 2.24) is 14.6 Å². The first-order valence-corrected chi connectivity index (χ1v) is 15.4. The van der Waals surface area contributed by atoms with Crippen molar-refractivity contribution in [3.05, 3.63) is 75.3 Å². The first-order chi connectivity index (χ1) is 20.1. The van der Waals surface area contributed by atoms with E-state index in [0.29, 0.717) is 11.6 Å². The molecule has 2 unspecified atom stereocenters. The van der Waals surface area contributed by atoms with Gasteiger partial charge in [-0.3, -0.25) is 23.7 Å². The highest BCUT2D eigenvalue weighted by atomic mass is 31.2. The van der Waals surface area contributed by atoms with Crippen LogP contribution in [0.25, 0.3) is 10.8 Å². The number of rotatable bonds is 10. The van der Waals surface area contributed by atoms with Gasteiger partial charge in [0.2, 0.25) is 5.82 Å². The predicted molar refractivity (Wildman–Crippen MR) is 150 cm³/mol. The van der Waals surface area contributed by atoms with Gasteiger partial charge in [0.15, 0.2) is 0 Å². The fourth-order valence-corrected chi connectivity index (χ4v) is 6.64. The van der Waals surface area contributed by atoms with Gasteiger partial charge in [-0.05, 0) is 44.1 Å². The van der Waals surface area contributed by atoms with Crippen molar-refractivity contribution in [1.29, 1.82) is 0 Å². The molecule has 5 atom stereocenters. The summed E-state index contributed by atoms with van der Waals surface area (Å²) in [7, 11) is -4.32. The Morgan fingerprint density at radius 1 is 1.19 bits per heavy atom. The predicted octanol–water partition coefficient (Wildman–Crippen LogP) is 3.54. The Hall–Kier alpha value is -3.35. The summed E-state index contributed by atoms with van der Waals surface area (Å²) in [5.41, 5.74) is -2.10. The van der Waals surface area contributed by atoms with E-state index in [0.717, 1.165) is 42.1 Å². The number of aromatic nitrogens is 2. The van der Waals surface area contributed by atoms with Gasteiger partial charge < -0.3 is 19.1 Å². The summed E-state index contributed by atoms with van der Waals surface area (Å²) < 4.78 is 51.7. The summed E-state index contributed by atoms with van der Waals surface area (Å²) in [5, 5.41) is 14.7. The number of nitrogens with zero attached hydrogens (tertiary/aromatic N) is 1. The van der Waals surface area contributed by atoms with Crippen molar-refractivity contribution in [2.45, 2.75) is 76.0 Å². The van der Waals surface area contributed by atoms with Crippen LogP contribution in [0.15, 0.2) is 58.3 Å². The van der Waals surface area contributed by atoms with E-state index in [1.165, 1.54) is 6.92 Å². The van der Waals surface area contributed by atoms with Gasteiger partial charge in [0.05, 0.1) is 18.9 Å². The van der Waals surface area contributed by atoms with E-state index in [4.69, 9.17) is 18.5 Å². The molecule has 3 N–H and O–H groups in total. The van der Waals surface area contributed by atoms with Gasteiger partial charge in [-0.2, -0.15) is 9.48 Å². The number of halogens is 1. The lowest BCUT2D eigenvalue weighted by atomic mass is 9.98. The Balaban J connectivity index is 1.33. The molecule has 2 aromatic carbocycles. The number of H-pyrrole nitrogens is 1. The van der Waals surface area contributed by atoms with Gasteiger partial charge in [-0.25, -0.2) is 9.36 Å². The lowest BCUT2D eigenvalue weighted by molar-refractivity contribution is -0.152. The number of aliphatic hydroxyl groups is 1. The van der Waals surface area contributed by atoms with Gasteiger partial charge in [-0.1, -0.05) is 42.8 Å². The van der Waals surface area contributed by atoms with Crippen LogP contribution in [-0.2, 0) is 23.4 Å². The standard InChI is InChI=1S/C28H33FN3O9P/c1-17(27(35)39-19-10-3-2-4-11-19)31-42(37,41-23-13-7-9-18-8-5-6-12-20(18)23)38-16-24-22(33)14-25(40-24)32-15-21(29)26(34)30-28(32)36/h5-9,12-13,15,17,19,22,24-25,33H,2-4,10-11,14,16H2,1H3,(H,31,37)(H,30,34,36)/t17-,22?,24+,25+,42?/m0/s1. The lowest BCUT2D eigenvalue weighted by Crippen LogP contribution is -2.38. The highest BCUT2D eigenvalue weighted by molar-refractivity contribution is 7.52. The summed E-state index contributed by atoms with van der Waals surface area (Å²) in [6.45, 7) is 1.01.